The van der Waals surface area contributed by atoms with E-state index < -0.39 is 28.9 Å². The minimum atomic E-state index is -1.22. The molecule has 0 aromatic heterocycles. The van der Waals surface area contributed by atoms with E-state index in [0.717, 1.165) is 38.5 Å². The molecule has 4 unspecified atom stereocenters. The van der Waals surface area contributed by atoms with Gasteiger partial charge in [-0.15, -0.1) is 10.1 Å². The lowest BCUT2D eigenvalue weighted by Gasteiger charge is -2.39. The van der Waals surface area contributed by atoms with Crippen molar-refractivity contribution in [2.45, 2.75) is 122 Å². The molecular formula is C20H35NO7. The highest BCUT2D eigenvalue weighted by Gasteiger charge is 2.41. The summed E-state index contributed by atoms with van der Waals surface area (Å²) < 4.78 is 17.9. The second-order valence-electron chi connectivity index (χ2n) is 9.32. The van der Waals surface area contributed by atoms with Crippen LogP contribution in [0.25, 0.3) is 0 Å². The van der Waals surface area contributed by atoms with Gasteiger partial charge >= 0.3 is 5.97 Å². The van der Waals surface area contributed by atoms with Crippen molar-refractivity contribution in [1.29, 1.82) is 0 Å². The van der Waals surface area contributed by atoms with Crippen molar-refractivity contribution in [3.63, 3.8) is 0 Å². The number of nitrogens with zero attached hydrogens (tertiary/aromatic N) is 1. The van der Waals surface area contributed by atoms with Crippen molar-refractivity contribution >= 4 is 5.97 Å². The molecule has 2 aliphatic rings. The minimum absolute atomic E-state index is 0.131. The molecule has 2 fully saturated rings. The third-order valence-electron chi connectivity index (χ3n) is 5.21. The Hall–Kier alpha value is -1.41. The van der Waals surface area contributed by atoms with Gasteiger partial charge in [0.15, 0.2) is 5.60 Å². The van der Waals surface area contributed by atoms with Crippen LogP contribution in [0.15, 0.2) is 0 Å². The van der Waals surface area contributed by atoms with Crippen molar-refractivity contribution < 1.29 is 28.9 Å². The lowest BCUT2D eigenvalue weighted by molar-refractivity contribution is -0.771. The first-order chi connectivity index (χ1) is 13.0. The van der Waals surface area contributed by atoms with Crippen LogP contribution in [-0.2, 0) is 23.8 Å². The predicted molar refractivity (Wildman–Crippen MR) is 102 cm³/mol. The molecule has 0 spiro atoms. The lowest BCUT2D eigenvalue weighted by Crippen LogP contribution is -2.49. The molecule has 0 aliphatic heterocycles. The molecule has 0 heterocycles. The molecule has 162 valence electrons. The van der Waals surface area contributed by atoms with E-state index in [1.54, 1.807) is 13.8 Å². The van der Waals surface area contributed by atoms with Gasteiger partial charge in [0.2, 0.25) is 0 Å². The van der Waals surface area contributed by atoms with Crippen LogP contribution in [-0.4, -0.2) is 46.7 Å². The van der Waals surface area contributed by atoms with Crippen LogP contribution in [0, 0.1) is 10.1 Å². The van der Waals surface area contributed by atoms with Gasteiger partial charge < -0.3 is 19.0 Å². The van der Waals surface area contributed by atoms with Crippen molar-refractivity contribution in [3.05, 3.63) is 10.1 Å². The third kappa shape index (κ3) is 6.88. The van der Waals surface area contributed by atoms with Crippen LogP contribution in [0.1, 0.15) is 86.0 Å². The van der Waals surface area contributed by atoms with Gasteiger partial charge in [-0.05, 0) is 66.7 Å². The zero-order chi connectivity index (χ0) is 20.9. The zero-order valence-corrected chi connectivity index (χ0v) is 17.8. The third-order valence-corrected chi connectivity index (χ3v) is 5.21. The molecule has 2 rings (SSSR count). The number of hydrogen-bond acceptors (Lipinski definition) is 7. The van der Waals surface area contributed by atoms with Crippen molar-refractivity contribution in [2.75, 3.05) is 0 Å². The van der Waals surface area contributed by atoms with E-state index in [9.17, 15) is 14.9 Å². The number of rotatable bonds is 7. The van der Waals surface area contributed by atoms with Gasteiger partial charge in [0.1, 0.15) is 12.2 Å². The van der Waals surface area contributed by atoms with E-state index in [0.29, 0.717) is 12.8 Å². The molecule has 0 radical (unpaired) electrons. The summed E-state index contributed by atoms with van der Waals surface area (Å²) in [7, 11) is 0. The highest BCUT2D eigenvalue weighted by molar-refractivity contribution is 5.78. The summed E-state index contributed by atoms with van der Waals surface area (Å²) in [5.41, 5.74) is -1.53. The van der Waals surface area contributed by atoms with Crippen LogP contribution >= 0.6 is 0 Å². The topological polar surface area (TPSA) is 97.1 Å². The van der Waals surface area contributed by atoms with E-state index in [2.05, 4.69) is 0 Å². The Balaban J connectivity index is 1.99. The van der Waals surface area contributed by atoms with E-state index in [4.69, 9.17) is 19.0 Å². The Kier molecular flexibility index (Phi) is 7.67. The summed E-state index contributed by atoms with van der Waals surface area (Å²) in [6.45, 7) is 9.27. The SMILES string of the molecule is CC(C)(C)OC1CCCCC1OC(=O)C(C)(C)OC1CCCCC1O[N+](=O)[O-]. The number of esters is 1. The molecule has 0 N–H and O–H groups in total. The Labute approximate surface area is 167 Å². The molecule has 28 heavy (non-hydrogen) atoms. The Bertz CT molecular complexity index is 543. The molecule has 0 saturated heterocycles. The van der Waals surface area contributed by atoms with Crippen LogP contribution < -0.4 is 0 Å². The fourth-order valence-electron chi connectivity index (χ4n) is 3.92. The first kappa shape index (κ1) is 22.9. The number of hydrogen-bond donors (Lipinski definition) is 0. The second-order valence-corrected chi connectivity index (χ2v) is 9.32. The first-order valence-electron chi connectivity index (χ1n) is 10.4. The van der Waals surface area contributed by atoms with Gasteiger partial charge in [-0.25, -0.2) is 4.79 Å². The Morgan fingerprint density at radius 2 is 1.29 bits per heavy atom. The fraction of sp³-hybridized carbons (Fsp3) is 0.950. The van der Waals surface area contributed by atoms with Crippen molar-refractivity contribution in [3.8, 4) is 0 Å². The molecule has 0 bridgehead atoms. The average molecular weight is 402 g/mol. The summed E-state index contributed by atoms with van der Waals surface area (Å²) in [5, 5.41) is 9.96. The monoisotopic (exact) mass is 401 g/mol. The summed E-state index contributed by atoms with van der Waals surface area (Å²) >= 11 is 0. The highest BCUT2D eigenvalue weighted by atomic mass is 17.0. The van der Waals surface area contributed by atoms with Gasteiger partial charge in [-0.3, -0.25) is 0 Å². The predicted octanol–water partition coefficient (Wildman–Crippen LogP) is 3.97. The van der Waals surface area contributed by atoms with Crippen molar-refractivity contribution in [1.82, 2.24) is 0 Å². The molecule has 2 aliphatic carbocycles. The zero-order valence-electron chi connectivity index (χ0n) is 17.8. The van der Waals surface area contributed by atoms with Gasteiger partial charge in [0.05, 0.1) is 17.8 Å². The molecule has 0 aromatic carbocycles. The van der Waals surface area contributed by atoms with Crippen LogP contribution in [0.5, 0.6) is 0 Å². The lowest BCUT2D eigenvalue weighted by atomic mass is 9.93. The maximum atomic E-state index is 12.9. The Morgan fingerprint density at radius 1 is 0.821 bits per heavy atom. The molecule has 8 nitrogen and oxygen atoms in total. The summed E-state index contributed by atoms with van der Waals surface area (Å²) in [5.74, 6) is -0.465. The number of ether oxygens (including phenoxy) is 3. The van der Waals surface area contributed by atoms with Gasteiger partial charge in [0, 0.05) is 0 Å². The molecular weight excluding hydrogens is 366 g/mol. The maximum Gasteiger partial charge on any atom is 0.338 e. The normalized spacial score (nSPS) is 29.2. The van der Waals surface area contributed by atoms with Crippen molar-refractivity contribution in [2.24, 2.45) is 0 Å². The second kappa shape index (κ2) is 9.39. The maximum absolute atomic E-state index is 12.9. The van der Waals surface area contributed by atoms with E-state index in [-0.39, 0.29) is 17.8 Å². The highest BCUT2D eigenvalue weighted by Crippen LogP contribution is 2.31. The van der Waals surface area contributed by atoms with Crippen LogP contribution in [0.2, 0.25) is 0 Å². The summed E-state index contributed by atoms with van der Waals surface area (Å²) in [4.78, 5) is 28.4. The minimum Gasteiger partial charge on any atom is -0.457 e. The summed E-state index contributed by atoms with van der Waals surface area (Å²) in [6.07, 6.45) is 4.97. The van der Waals surface area contributed by atoms with Gasteiger partial charge in [-0.2, -0.15) is 0 Å². The van der Waals surface area contributed by atoms with E-state index >= 15 is 0 Å². The molecule has 2 saturated carbocycles. The molecule has 4 atom stereocenters. The van der Waals surface area contributed by atoms with Crippen LogP contribution in [0.4, 0.5) is 0 Å². The number of carbonyl (C=O) groups is 1. The largest absolute Gasteiger partial charge is 0.457 e. The van der Waals surface area contributed by atoms with Crippen LogP contribution in [0.3, 0.4) is 0 Å². The van der Waals surface area contributed by atoms with Gasteiger partial charge in [-0.1, -0.05) is 19.3 Å². The molecule has 0 amide bonds. The van der Waals surface area contributed by atoms with Gasteiger partial charge in [0.25, 0.3) is 5.09 Å². The smallest absolute Gasteiger partial charge is 0.338 e. The quantitative estimate of drug-likeness (QED) is 0.362. The van der Waals surface area contributed by atoms with E-state index in [1.165, 1.54) is 0 Å². The number of carbonyl (C=O) groups excluding carboxylic acids is 1. The fourth-order valence-corrected chi connectivity index (χ4v) is 3.92. The first-order valence-corrected chi connectivity index (χ1v) is 10.4. The average Bonchev–Trinajstić information content (AvgIpc) is 2.56. The standard InChI is InChI=1S/C20H35NO7/c1-19(2,3)26-15-11-7-6-10-14(15)25-18(22)20(4,5)27-16-12-8-9-13-17(16)28-21(23)24/h14-17H,6-13H2,1-5H3. The summed E-state index contributed by atoms with van der Waals surface area (Å²) in [6, 6.07) is 0. The Morgan fingerprint density at radius 3 is 1.79 bits per heavy atom. The van der Waals surface area contributed by atoms with E-state index in [1.807, 2.05) is 20.8 Å². The molecule has 0 aromatic rings. The molecule has 8 heteroatoms.